The normalized spacial score (nSPS) is 23.1. The summed E-state index contributed by atoms with van der Waals surface area (Å²) in [6.07, 6.45) is 0. The molecule has 2 aliphatic heterocycles. The van der Waals surface area contributed by atoms with Crippen LogP contribution in [0.25, 0.3) is 0 Å². The monoisotopic (exact) mass is 321 g/mol. The summed E-state index contributed by atoms with van der Waals surface area (Å²) in [4.78, 5) is 5.74. The Hall–Kier alpha value is -1.28. The zero-order valence-corrected chi connectivity index (χ0v) is 13.8. The Morgan fingerprint density at radius 3 is 2.59 bits per heavy atom. The lowest BCUT2D eigenvalue weighted by molar-refractivity contribution is 0.0739. The molecule has 0 saturated carbocycles. The van der Waals surface area contributed by atoms with Crippen molar-refractivity contribution in [3.63, 3.8) is 0 Å². The van der Waals surface area contributed by atoms with Crippen LogP contribution >= 0.6 is 11.8 Å². The van der Waals surface area contributed by atoms with Crippen LogP contribution in [0.3, 0.4) is 0 Å². The summed E-state index contributed by atoms with van der Waals surface area (Å²) >= 11 is 1.62. The maximum Gasteiger partial charge on any atom is 0.160 e. The largest absolute Gasteiger partial charge is 0.384 e. The van der Waals surface area contributed by atoms with Gasteiger partial charge in [-0.2, -0.15) is 0 Å². The predicted molar refractivity (Wildman–Crippen MR) is 89.7 cm³/mol. The number of anilines is 1. The van der Waals surface area contributed by atoms with Crippen LogP contribution in [0.4, 0.5) is 5.69 Å². The molecular weight excluding hydrogens is 298 g/mol. The van der Waals surface area contributed by atoms with Crippen LogP contribution in [0.5, 0.6) is 0 Å². The summed E-state index contributed by atoms with van der Waals surface area (Å²) in [5.74, 6) is 0.0573. The SMILES string of the molecule is CC(C)N1CCN(C2Sc3cc(C(=N)N)ccc3N2O)CC1. The predicted octanol–water partition coefficient (Wildman–Crippen LogP) is 1.58. The summed E-state index contributed by atoms with van der Waals surface area (Å²) in [7, 11) is 0. The zero-order valence-electron chi connectivity index (χ0n) is 13.0. The number of hydrogen-bond donors (Lipinski definition) is 3. The molecule has 1 aromatic rings. The van der Waals surface area contributed by atoms with Crippen molar-refractivity contribution in [1.82, 2.24) is 9.80 Å². The van der Waals surface area contributed by atoms with Crippen LogP contribution in [-0.2, 0) is 0 Å². The van der Waals surface area contributed by atoms with Gasteiger partial charge in [-0.1, -0.05) is 11.8 Å². The molecule has 1 aromatic carbocycles. The third kappa shape index (κ3) is 2.81. The highest BCUT2D eigenvalue weighted by atomic mass is 32.2. The standard InChI is InChI=1S/C15H23N5OS/c1-10(2)18-5-7-19(8-6-18)15-20(21)12-4-3-11(14(16)17)9-13(12)22-15/h3-4,9-10,15,21H,5-8H2,1-2H3,(H3,16,17). The molecule has 0 bridgehead atoms. The number of fused-ring (bicyclic) bond motifs is 1. The summed E-state index contributed by atoms with van der Waals surface area (Å²) < 4.78 is 0. The zero-order chi connectivity index (χ0) is 15.9. The number of nitrogen functional groups attached to an aromatic ring is 1. The molecule has 1 saturated heterocycles. The van der Waals surface area contributed by atoms with E-state index in [1.54, 1.807) is 17.8 Å². The Morgan fingerprint density at radius 2 is 2.00 bits per heavy atom. The van der Waals surface area contributed by atoms with E-state index in [9.17, 15) is 5.21 Å². The number of hydroxylamine groups is 1. The number of rotatable bonds is 3. The van der Waals surface area contributed by atoms with E-state index >= 15 is 0 Å². The first kappa shape index (κ1) is 15.6. The van der Waals surface area contributed by atoms with Crippen molar-refractivity contribution in [3.8, 4) is 0 Å². The number of piperazine rings is 1. The quantitative estimate of drug-likeness (QED) is 0.579. The Morgan fingerprint density at radius 1 is 1.32 bits per heavy atom. The molecule has 1 unspecified atom stereocenters. The Bertz CT molecular complexity index is 571. The van der Waals surface area contributed by atoms with Crippen molar-refractivity contribution in [2.24, 2.45) is 5.73 Å². The number of thioether (sulfide) groups is 1. The first-order valence-corrected chi connectivity index (χ1v) is 8.46. The van der Waals surface area contributed by atoms with Crippen molar-refractivity contribution in [3.05, 3.63) is 23.8 Å². The van der Waals surface area contributed by atoms with Gasteiger partial charge in [0.15, 0.2) is 5.50 Å². The minimum atomic E-state index is -0.0912. The molecule has 2 aliphatic rings. The summed E-state index contributed by atoms with van der Waals surface area (Å²) in [6, 6.07) is 6.07. The second-order valence-electron chi connectivity index (χ2n) is 6.05. The van der Waals surface area contributed by atoms with E-state index in [-0.39, 0.29) is 11.3 Å². The van der Waals surface area contributed by atoms with E-state index in [0.717, 1.165) is 36.8 Å². The summed E-state index contributed by atoms with van der Waals surface area (Å²) in [6.45, 7) is 8.38. The molecule has 0 aromatic heterocycles. The van der Waals surface area contributed by atoms with Crippen molar-refractivity contribution in [2.75, 3.05) is 31.2 Å². The maximum absolute atomic E-state index is 10.5. The van der Waals surface area contributed by atoms with Crippen LogP contribution in [0.1, 0.15) is 19.4 Å². The highest BCUT2D eigenvalue weighted by molar-refractivity contribution is 8.00. The van der Waals surface area contributed by atoms with Crippen LogP contribution in [0, 0.1) is 5.41 Å². The van der Waals surface area contributed by atoms with E-state index in [1.165, 1.54) is 5.06 Å². The number of amidine groups is 1. The van der Waals surface area contributed by atoms with Crippen LogP contribution in [0.2, 0.25) is 0 Å². The smallest absolute Gasteiger partial charge is 0.160 e. The molecule has 6 nitrogen and oxygen atoms in total. The van der Waals surface area contributed by atoms with Gasteiger partial charge >= 0.3 is 0 Å². The van der Waals surface area contributed by atoms with Gasteiger partial charge in [-0.05, 0) is 32.0 Å². The third-order valence-electron chi connectivity index (χ3n) is 4.35. The maximum atomic E-state index is 10.5. The molecule has 0 aliphatic carbocycles. The fraction of sp³-hybridized carbons (Fsp3) is 0.533. The second kappa shape index (κ2) is 6.08. The number of benzene rings is 1. The lowest BCUT2D eigenvalue weighted by Gasteiger charge is -2.40. The topological polar surface area (TPSA) is 79.8 Å². The lowest BCUT2D eigenvalue weighted by atomic mass is 10.2. The van der Waals surface area contributed by atoms with Crippen molar-refractivity contribution < 1.29 is 5.21 Å². The third-order valence-corrected chi connectivity index (χ3v) is 5.64. The van der Waals surface area contributed by atoms with Crippen molar-refractivity contribution in [1.29, 1.82) is 5.41 Å². The molecule has 1 fully saturated rings. The van der Waals surface area contributed by atoms with Crippen molar-refractivity contribution >= 4 is 23.3 Å². The van der Waals surface area contributed by atoms with Crippen LogP contribution in [0.15, 0.2) is 23.1 Å². The molecule has 7 heteroatoms. The van der Waals surface area contributed by atoms with E-state index in [2.05, 4.69) is 23.6 Å². The van der Waals surface area contributed by atoms with Gasteiger partial charge in [0.05, 0.1) is 5.69 Å². The average molecular weight is 321 g/mol. The second-order valence-corrected chi connectivity index (χ2v) is 7.15. The van der Waals surface area contributed by atoms with Gasteiger partial charge in [-0.3, -0.25) is 20.4 Å². The van der Waals surface area contributed by atoms with Gasteiger partial charge in [-0.25, -0.2) is 5.06 Å². The Labute approximate surface area is 135 Å². The minimum absolute atomic E-state index is 0.0573. The van der Waals surface area contributed by atoms with Gasteiger partial charge < -0.3 is 5.73 Å². The van der Waals surface area contributed by atoms with E-state index < -0.39 is 0 Å². The summed E-state index contributed by atoms with van der Waals surface area (Å²) in [5, 5.41) is 19.3. The number of nitrogens with one attached hydrogen (secondary N) is 1. The summed E-state index contributed by atoms with van der Waals surface area (Å²) in [5.41, 5.74) is 6.95. The minimum Gasteiger partial charge on any atom is -0.384 e. The fourth-order valence-electron chi connectivity index (χ4n) is 2.95. The van der Waals surface area contributed by atoms with E-state index in [4.69, 9.17) is 11.1 Å². The molecule has 0 amide bonds. The van der Waals surface area contributed by atoms with Gasteiger partial charge in [-0.15, -0.1) is 0 Å². The van der Waals surface area contributed by atoms with Crippen molar-refractivity contribution in [2.45, 2.75) is 30.3 Å². The van der Waals surface area contributed by atoms with Gasteiger partial charge in [0.1, 0.15) is 5.84 Å². The van der Waals surface area contributed by atoms with Gasteiger partial charge in [0.2, 0.25) is 0 Å². The molecule has 1 atom stereocenters. The molecule has 0 spiro atoms. The van der Waals surface area contributed by atoms with Crippen LogP contribution < -0.4 is 10.8 Å². The molecule has 120 valence electrons. The fourth-order valence-corrected chi connectivity index (χ4v) is 4.23. The number of nitrogens with two attached hydrogens (primary N) is 1. The molecule has 3 rings (SSSR count). The Kier molecular flexibility index (Phi) is 4.31. The molecule has 2 heterocycles. The average Bonchev–Trinajstić information content (AvgIpc) is 2.84. The molecule has 22 heavy (non-hydrogen) atoms. The first-order chi connectivity index (χ1) is 10.5. The van der Waals surface area contributed by atoms with Gasteiger partial charge in [0.25, 0.3) is 0 Å². The van der Waals surface area contributed by atoms with Crippen LogP contribution in [-0.4, -0.2) is 58.6 Å². The highest BCUT2D eigenvalue weighted by Gasteiger charge is 2.35. The van der Waals surface area contributed by atoms with E-state index in [0.29, 0.717) is 11.6 Å². The Balaban J connectivity index is 1.71. The number of nitrogens with zero attached hydrogens (tertiary/aromatic N) is 3. The molecule has 4 N–H and O–H groups in total. The number of hydrogen-bond acceptors (Lipinski definition) is 6. The first-order valence-electron chi connectivity index (χ1n) is 7.58. The molecular formula is C15H23N5OS. The molecule has 0 radical (unpaired) electrons. The van der Waals surface area contributed by atoms with E-state index in [1.807, 2.05) is 12.1 Å². The highest BCUT2D eigenvalue weighted by Crippen LogP contribution is 2.44. The van der Waals surface area contributed by atoms with Gasteiger partial charge in [0, 0.05) is 42.7 Å². The lowest BCUT2D eigenvalue weighted by Crippen LogP contribution is -2.54.